The Hall–Kier alpha value is -2.14. The highest BCUT2D eigenvalue weighted by molar-refractivity contribution is 7.98. The molecular weight excluding hydrogens is 312 g/mol. The minimum absolute atomic E-state index is 0.190. The molecule has 0 amide bonds. The molecule has 0 aliphatic carbocycles. The normalized spacial score (nSPS) is 10.3. The maximum atomic E-state index is 12.1. The number of methoxy groups -OCH3 is 2. The first-order chi connectivity index (χ1) is 11.1. The van der Waals surface area contributed by atoms with Gasteiger partial charge in [0.05, 0.1) is 19.8 Å². The molecule has 0 bridgehead atoms. The minimum atomic E-state index is -0.341. The van der Waals surface area contributed by atoms with Crippen LogP contribution in [0.25, 0.3) is 0 Å². The summed E-state index contributed by atoms with van der Waals surface area (Å²) in [5, 5.41) is 0. The van der Waals surface area contributed by atoms with Gasteiger partial charge in [-0.2, -0.15) is 0 Å². The van der Waals surface area contributed by atoms with Gasteiger partial charge in [-0.3, -0.25) is 0 Å². The predicted molar refractivity (Wildman–Crippen MR) is 91.6 cm³/mol. The monoisotopic (exact) mass is 332 g/mol. The van der Waals surface area contributed by atoms with Gasteiger partial charge in [-0.1, -0.05) is 0 Å². The van der Waals surface area contributed by atoms with Crippen LogP contribution in [-0.4, -0.2) is 26.4 Å². The summed E-state index contributed by atoms with van der Waals surface area (Å²) in [6, 6.07) is 11.1. The highest BCUT2D eigenvalue weighted by Crippen LogP contribution is 2.30. The first-order valence-corrected chi connectivity index (χ1v) is 8.34. The van der Waals surface area contributed by atoms with Gasteiger partial charge in [0.15, 0.2) is 11.5 Å². The van der Waals surface area contributed by atoms with Gasteiger partial charge in [-0.15, -0.1) is 11.8 Å². The number of esters is 1. The Morgan fingerprint density at radius 3 is 2.22 bits per heavy atom. The number of aryl methyl sites for hydroxylation is 1. The van der Waals surface area contributed by atoms with Crippen LogP contribution in [0.15, 0.2) is 41.3 Å². The number of rotatable bonds is 6. The average Bonchev–Trinajstić information content (AvgIpc) is 2.60. The van der Waals surface area contributed by atoms with E-state index in [4.69, 9.17) is 14.2 Å². The zero-order valence-corrected chi connectivity index (χ0v) is 14.5. The van der Waals surface area contributed by atoms with Crippen molar-refractivity contribution in [2.24, 2.45) is 0 Å². The second-order valence-corrected chi connectivity index (χ2v) is 5.82. The molecule has 0 saturated carbocycles. The van der Waals surface area contributed by atoms with Crippen molar-refractivity contribution in [3.8, 4) is 11.5 Å². The SMILES string of the molecule is COc1cc(C)c(COC(=O)c2ccc(SC)cc2)cc1OC. The fraction of sp³-hybridized carbons (Fsp3) is 0.278. The Morgan fingerprint density at radius 1 is 1.04 bits per heavy atom. The zero-order valence-electron chi connectivity index (χ0n) is 13.7. The highest BCUT2D eigenvalue weighted by Gasteiger charge is 2.12. The summed E-state index contributed by atoms with van der Waals surface area (Å²) in [5.74, 6) is 0.938. The standard InChI is InChI=1S/C18H20O4S/c1-12-9-16(20-2)17(21-3)10-14(12)11-22-18(19)13-5-7-15(23-4)8-6-13/h5-10H,11H2,1-4H3. The lowest BCUT2D eigenvalue weighted by atomic mass is 10.1. The van der Waals surface area contributed by atoms with E-state index in [0.717, 1.165) is 16.0 Å². The fourth-order valence-electron chi connectivity index (χ4n) is 2.13. The quantitative estimate of drug-likeness (QED) is 0.589. The molecule has 0 fully saturated rings. The minimum Gasteiger partial charge on any atom is -0.493 e. The summed E-state index contributed by atoms with van der Waals surface area (Å²) in [6.07, 6.45) is 1.99. The number of carbonyl (C=O) groups is 1. The van der Waals surface area contributed by atoms with E-state index in [0.29, 0.717) is 17.1 Å². The van der Waals surface area contributed by atoms with E-state index in [1.165, 1.54) is 0 Å². The Morgan fingerprint density at radius 2 is 1.65 bits per heavy atom. The van der Waals surface area contributed by atoms with Crippen LogP contribution in [0, 0.1) is 6.92 Å². The maximum Gasteiger partial charge on any atom is 0.338 e. The number of benzene rings is 2. The number of hydrogen-bond donors (Lipinski definition) is 0. The molecule has 23 heavy (non-hydrogen) atoms. The lowest BCUT2D eigenvalue weighted by Gasteiger charge is -2.13. The van der Waals surface area contributed by atoms with Crippen LogP contribution in [-0.2, 0) is 11.3 Å². The molecule has 5 heteroatoms. The summed E-state index contributed by atoms with van der Waals surface area (Å²) in [7, 11) is 3.17. The molecule has 0 heterocycles. The molecule has 0 N–H and O–H groups in total. The van der Waals surface area contributed by atoms with Crippen LogP contribution in [0.2, 0.25) is 0 Å². The Labute approximate surface area is 140 Å². The third kappa shape index (κ3) is 4.20. The maximum absolute atomic E-state index is 12.1. The van der Waals surface area contributed by atoms with Crippen molar-refractivity contribution in [3.05, 3.63) is 53.1 Å². The van der Waals surface area contributed by atoms with Gasteiger partial charge in [0.1, 0.15) is 6.61 Å². The zero-order chi connectivity index (χ0) is 16.8. The summed E-state index contributed by atoms with van der Waals surface area (Å²) in [4.78, 5) is 13.2. The molecule has 0 spiro atoms. The van der Waals surface area contributed by atoms with Crippen LogP contribution in [0.4, 0.5) is 0 Å². The van der Waals surface area contributed by atoms with Gasteiger partial charge in [0, 0.05) is 4.90 Å². The third-order valence-electron chi connectivity index (χ3n) is 3.53. The molecule has 122 valence electrons. The van der Waals surface area contributed by atoms with Gasteiger partial charge in [0.2, 0.25) is 0 Å². The lowest BCUT2D eigenvalue weighted by Crippen LogP contribution is -2.06. The van der Waals surface area contributed by atoms with Crippen molar-refractivity contribution in [3.63, 3.8) is 0 Å². The smallest absolute Gasteiger partial charge is 0.338 e. The second kappa shape index (κ2) is 7.92. The first kappa shape index (κ1) is 17.2. The molecule has 0 atom stereocenters. The van der Waals surface area contributed by atoms with Crippen molar-refractivity contribution in [1.29, 1.82) is 0 Å². The molecule has 0 saturated heterocycles. The average molecular weight is 332 g/mol. The van der Waals surface area contributed by atoms with Gasteiger partial charge >= 0.3 is 5.97 Å². The number of ether oxygens (including phenoxy) is 3. The molecule has 2 aromatic rings. The van der Waals surface area contributed by atoms with E-state index in [2.05, 4.69) is 0 Å². The Kier molecular flexibility index (Phi) is 5.93. The number of carbonyl (C=O) groups excluding carboxylic acids is 1. The van der Waals surface area contributed by atoms with E-state index in [1.807, 2.05) is 37.4 Å². The van der Waals surface area contributed by atoms with Crippen LogP contribution < -0.4 is 9.47 Å². The molecule has 4 nitrogen and oxygen atoms in total. The Bertz CT molecular complexity index is 680. The summed E-state index contributed by atoms with van der Waals surface area (Å²) < 4.78 is 15.9. The van der Waals surface area contributed by atoms with E-state index in [-0.39, 0.29) is 12.6 Å². The van der Waals surface area contributed by atoms with E-state index in [9.17, 15) is 4.79 Å². The molecule has 0 unspecified atom stereocenters. The second-order valence-electron chi connectivity index (χ2n) is 4.94. The summed E-state index contributed by atoms with van der Waals surface area (Å²) >= 11 is 1.63. The predicted octanol–water partition coefficient (Wildman–Crippen LogP) is 4.09. The fourth-order valence-corrected chi connectivity index (χ4v) is 2.54. The molecule has 2 rings (SSSR count). The van der Waals surface area contributed by atoms with Gasteiger partial charge in [-0.05, 0) is 60.7 Å². The van der Waals surface area contributed by atoms with Crippen molar-refractivity contribution in [1.82, 2.24) is 0 Å². The van der Waals surface area contributed by atoms with Gasteiger partial charge in [0.25, 0.3) is 0 Å². The van der Waals surface area contributed by atoms with Crippen LogP contribution in [0.5, 0.6) is 11.5 Å². The highest BCUT2D eigenvalue weighted by atomic mass is 32.2. The van der Waals surface area contributed by atoms with Crippen LogP contribution in [0.3, 0.4) is 0 Å². The van der Waals surface area contributed by atoms with E-state index < -0.39 is 0 Å². The van der Waals surface area contributed by atoms with E-state index >= 15 is 0 Å². The first-order valence-electron chi connectivity index (χ1n) is 7.11. The Balaban J connectivity index is 2.09. The molecule has 0 aliphatic heterocycles. The van der Waals surface area contributed by atoms with Crippen LogP contribution >= 0.6 is 11.8 Å². The van der Waals surface area contributed by atoms with E-state index in [1.54, 1.807) is 38.1 Å². The third-order valence-corrected chi connectivity index (χ3v) is 4.27. The number of thioether (sulfide) groups is 1. The van der Waals surface area contributed by atoms with Crippen molar-refractivity contribution >= 4 is 17.7 Å². The van der Waals surface area contributed by atoms with Gasteiger partial charge in [-0.25, -0.2) is 4.79 Å². The topological polar surface area (TPSA) is 44.8 Å². The van der Waals surface area contributed by atoms with Crippen molar-refractivity contribution < 1.29 is 19.0 Å². The van der Waals surface area contributed by atoms with Crippen LogP contribution in [0.1, 0.15) is 21.5 Å². The molecule has 0 radical (unpaired) electrons. The molecule has 2 aromatic carbocycles. The summed E-state index contributed by atoms with van der Waals surface area (Å²) in [6.45, 7) is 2.13. The van der Waals surface area contributed by atoms with Gasteiger partial charge < -0.3 is 14.2 Å². The molecular formula is C18H20O4S. The summed E-state index contributed by atoms with van der Waals surface area (Å²) in [5.41, 5.74) is 2.41. The number of hydrogen-bond acceptors (Lipinski definition) is 5. The molecule has 0 aromatic heterocycles. The molecule has 0 aliphatic rings. The largest absolute Gasteiger partial charge is 0.493 e. The lowest BCUT2D eigenvalue weighted by molar-refractivity contribution is 0.0471. The van der Waals surface area contributed by atoms with Crippen molar-refractivity contribution in [2.45, 2.75) is 18.4 Å². The van der Waals surface area contributed by atoms with Crippen molar-refractivity contribution in [2.75, 3.05) is 20.5 Å².